The second kappa shape index (κ2) is 7.57. The second-order valence-electron chi connectivity index (χ2n) is 4.84. The molecule has 19 heavy (non-hydrogen) atoms. The highest BCUT2D eigenvalue weighted by atomic mass is 32.1. The molecule has 0 fully saturated rings. The molecule has 2 atom stereocenters. The van der Waals surface area contributed by atoms with Gasteiger partial charge in [0, 0.05) is 12.0 Å². The summed E-state index contributed by atoms with van der Waals surface area (Å²) >= 11 is 1.41. The lowest BCUT2D eigenvalue weighted by atomic mass is 10.1. The van der Waals surface area contributed by atoms with Crippen LogP contribution in [0.5, 0.6) is 0 Å². The van der Waals surface area contributed by atoms with Gasteiger partial charge in [0.05, 0.1) is 18.7 Å². The molecule has 3 N–H and O–H groups in total. The molecular formula is C13H23N3O2S. The molecule has 0 aliphatic rings. The molecule has 0 aromatic carbocycles. The Balaban J connectivity index is 2.64. The largest absolute Gasteiger partial charge is 0.380 e. The number of carbonyl (C=O) groups excluding carboxylic acids is 1. The Morgan fingerprint density at radius 2 is 2.21 bits per heavy atom. The zero-order chi connectivity index (χ0) is 14.4. The van der Waals surface area contributed by atoms with Crippen LogP contribution in [0.15, 0.2) is 5.38 Å². The highest BCUT2D eigenvalue weighted by molar-refractivity contribution is 7.09. The second-order valence-corrected chi connectivity index (χ2v) is 5.73. The van der Waals surface area contributed by atoms with Gasteiger partial charge in [-0.1, -0.05) is 13.8 Å². The van der Waals surface area contributed by atoms with Crippen molar-refractivity contribution in [1.29, 1.82) is 0 Å². The van der Waals surface area contributed by atoms with Crippen molar-refractivity contribution in [2.45, 2.75) is 39.8 Å². The number of ether oxygens (including phenoxy) is 1. The van der Waals surface area contributed by atoms with Gasteiger partial charge >= 0.3 is 0 Å². The van der Waals surface area contributed by atoms with Crippen LogP contribution in [0, 0.1) is 5.92 Å². The van der Waals surface area contributed by atoms with Crippen LogP contribution in [0.25, 0.3) is 0 Å². The van der Waals surface area contributed by atoms with E-state index in [0.717, 1.165) is 5.01 Å². The number of rotatable bonds is 7. The van der Waals surface area contributed by atoms with Crippen LogP contribution in [0.2, 0.25) is 0 Å². The summed E-state index contributed by atoms with van der Waals surface area (Å²) < 4.78 is 5.38. The molecule has 1 rings (SSSR count). The van der Waals surface area contributed by atoms with Crippen molar-refractivity contribution < 1.29 is 9.53 Å². The van der Waals surface area contributed by atoms with Crippen molar-refractivity contribution >= 4 is 17.2 Å². The fourth-order valence-corrected chi connectivity index (χ4v) is 2.25. The Morgan fingerprint density at radius 1 is 1.53 bits per heavy atom. The molecule has 0 aliphatic carbocycles. The van der Waals surface area contributed by atoms with E-state index in [1.54, 1.807) is 5.38 Å². The van der Waals surface area contributed by atoms with Gasteiger partial charge in [0.25, 0.3) is 5.91 Å². The minimum Gasteiger partial charge on any atom is -0.380 e. The van der Waals surface area contributed by atoms with Crippen LogP contribution in [0.3, 0.4) is 0 Å². The van der Waals surface area contributed by atoms with Crippen molar-refractivity contribution in [3.63, 3.8) is 0 Å². The van der Waals surface area contributed by atoms with E-state index in [0.29, 0.717) is 24.8 Å². The summed E-state index contributed by atoms with van der Waals surface area (Å²) in [5.74, 6) is 0.142. The molecule has 0 saturated carbocycles. The van der Waals surface area contributed by atoms with E-state index in [9.17, 15) is 4.79 Å². The highest BCUT2D eigenvalue weighted by Gasteiger charge is 2.19. The fraction of sp³-hybridized carbons (Fsp3) is 0.692. The quantitative estimate of drug-likeness (QED) is 0.803. The van der Waals surface area contributed by atoms with E-state index in [1.165, 1.54) is 11.3 Å². The third-order valence-electron chi connectivity index (χ3n) is 2.77. The molecule has 0 spiro atoms. The lowest BCUT2D eigenvalue weighted by molar-refractivity contribution is 0.0802. The van der Waals surface area contributed by atoms with Gasteiger partial charge in [0.15, 0.2) is 0 Å². The van der Waals surface area contributed by atoms with Crippen LogP contribution in [0.4, 0.5) is 0 Å². The third kappa shape index (κ3) is 4.89. The molecule has 0 aliphatic heterocycles. The first kappa shape index (κ1) is 16.1. The van der Waals surface area contributed by atoms with Gasteiger partial charge in [0.1, 0.15) is 10.7 Å². The monoisotopic (exact) mass is 285 g/mol. The Hall–Kier alpha value is -0.980. The Kier molecular flexibility index (Phi) is 6.41. The van der Waals surface area contributed by atoms with Crippen LogP contribution < -0.4 is 11.1 Å². The summed E-state index contributed by atoms with van der Waals surface area (Å²) in [6.45, 7) is 9.06. The molecule has 1 aromatic rings. The van der Waals surface area contributed by atoms with Crippen molar-refractivity contribution in [3.05, 3.63) is 16.1 Å². The first-order valence-electron chi connectivity index (χ1n) is 6.55. The van der Waals surface area contributed by atoms with Crippen LogP contribution >= 0.6 is 11.3 Å². The fourth-order valence-electron chi connectivity index (χ4n) is 1.49. The van der Waals surface area contributed by atoms with Crippen LogP contribution in [-0.4, -0.2) is 30.1 Å². The number of nitrogens with zero attached hydrogens (tertiary/aromatic N) is 1. The zero-order valence-corrected chi connectivity index (χ0v) is 12.8. The average molecular weight is 285 g/mol. The van der Waals surface area contributed by atoms with Crippen LogP contribution in [0.1, 0.15) is 49.2 Å². The van der Waals surface area contributed by atoms with E-state index in [4.69, 9.17) is 10.5 Å². The maximum absolute atomic E-state index is 12.1. The normalized spacial score (nSPS) is 14.4. The SMILES string of the molecule is CCOCC(NC(=O)c1csc(C(C)N)n1)C(C)C. The molecule has 1 amide bonds. The maximum atomic E-state index is 12.1. The van der Waals surface area contributed by atoms with Crippen molar-refractivity contribution in [2.24, 2.45) is 11.7 Å². The predicted octanol–water partition coefficient (Wildman–Crippen LogP) is 1.95. The van der Waals surface area contributed by atoms with E-state index >= 15 is 0 Å². The minimum atomic E-state index is -0.165. The Bertz CT molecular complexity index is 404. The number of nitrogens with two attached hydrogens (primary N) is 1. The van der Waals surface area contributed by atoms with Crippen molar-refractivity contribution in [2.75, 3.05) is 13.2 Å². The van der Waals surface area contributed by atoms with Crippen LogP contribution in [-0.2, 0) is 4.74 Å². The highest BCUT2D eigenvalue weighted by Crippen LogP contribution is 2.16. The van der Waals surface area contributed by atoms with E-state index < -0.39 is 0 Å². The summed E-state index contributed by atoms with van der Waals surface area (Å²) in [7, 11) is 0. The number of carbonyl (C=O) groups is 1. The summed E-state index contributed by atoms with van der Waals surface area (Å²) in [5.41, 5.74) is 6.17. The number of thiazole rings is 1. The van der Waals surface area contributed by atoms with E-state index in [2.05, 4.69) is 24.1 Å². The van der Waals surface area contributed by atoms with Gasteiger partial charge in [-0.05, 0) is 19.8 Å². The van der Waals surface area contributed by atoms with Gasteiger partial charge in [-0.25, -0.2) is 4.98 Å². The lowest BCUT2D eigenvalue weighted by Crippen LogP contribution is -2.42. The molecule has 0 radical (unpaired) electrons. The molecule has 108 valence electrons. The molecule has 6 heteroatoms. The molecule has 5 nitrogen and oxygen atoms in total. The number of aromatic nitrogens is 1. The first-order chi connectivity index (χ1) is 8.95. The van der Waals surface area contributed by atoms with Gasteiger partial charge in [-0.2, -0.15) is 0 Å². The van der Waals surface area contributed by atoms with E-state index in [1.807, 2.05) is 13.8 Å². The number of amides is 1. The molecule has 0 saturated heterocycles. The smallest absolute Gasteiger partial charge is 0.271 e. The minimum absolute atomic E-state index is 0.00657. The van der Waals surface area contributed by atoms with Gasteiger partial charge in [0.2, 0.25) is 0 Å². The summed E-state index contributed by atoms with van der Waals surface area (Å²) in [4.78, 5) is 16.3. The molecular weight excluding hydrogens is 262 g/mol. The van der Waals surface area contributed by atoms with Gasteiger partial charge in [-0.3, -0.25) is 4.79 Å². The predicted molar refractivity (Wildman–Crippen MR) is 77.3 cm³/mol. The molecule has 0 bridgehead atoms. The Morgan fingerprint density at radius 3 is 2.68 bits per heavy atom. The maximum Gasteiger partial charge on any atom is 0.271 e. The average Bonchev–Trinajstić information content (AvgIpc) is 2.83. The molecule has 2 unspecified atom stereocenters. The van der Waals surface area contributed by atoms with E-state index in [-0.39, 0.29) is 18.0 Å². The lowest BCUT2D eigenvalue weighted by Gasteiger charge is -2.21. The van der Waals surface area contributed by atoms with Crippen molar-refractivity contribution in [3.8, 4) is 0 Å². The topological polar surface area (TPSA) is 77.2 Å². The standard InChI is InChI=1S/C13H23N3O2S/c1-5-18-6-10(8(2)3)15-12(17)11-7-19-13(16-11)9(4)14/h7-10H,5-6,14H2,1-4H3,(H,15,17). The van der Waals surface area contributed by atoms with Gasteiger partial charge < -0.3 is 15.8 Å². The Labute approximate surface area is 118 Å². The first-order valence-corrected chi connectivity index (χ1v) is 7.43. The summed E-state index contributed by atoms with van der Waals surface area (Å²) in [6.07, 6.45) is 0. The summed E-state index contributed by atoms with van der Waals surface area (Å²) in [5, 5.41) is 5.48. The number of hydrogen-bond donors (Lipinski definition) is 2. The summed E-state index contributed by atoms with van der Waals surface area (Å²) in [6, 6.07) is -0.149. The third-order valence-corrected chi connectivity index (χ3v) is 3.81. The number of hydrogen-bond acceptors (Lipinski definition) is 5. The van der Waals surface area contributed by atoms with Gasteiger partial charge in [-0.15, -0.1) is 11.3 Å². The molecule has 1 heterocycles. The number of nitrogens with one attached hydrogen (secondary N) is 1. The zero-order valence-electron chi connectivity index (χ0n) is 12.0. The van der Waals surface area contributed by atoms with Crippen molar-refractivity contribution in [1.82, 2.24) is 10.3 Å². The molecule has 1 aromatic heterocycles.